The molecule has 1 saturated heterocycles. The monoisotopic (exact) mass is 462 g/mol. The second-order valence-electron chi connectivity index (χ2n) is 7.18. The number of anilines is 1. The summed E-state index contributed by atoms with van der Waals surface area (Å²) in [5.74, 6) is -0.135. The fourth-order valence-electron chi connectivity index (χ4n) is 3.39. The smallest absolute Gasteiger partial charge is 0.260 e. The molecule has 1 fully saturated rings. The summed E-state index contributed by atoms with van der Waals surface area (Å²) in [6.07, 6.45) is 5.00. The Morgan fingerprint density at radius 3 is 2.83 bits per heavy atom. The van der Waals surface area contributed by atoms with E-state index < -0.39 is 9.84 Å². The van der Waals surface area contributed by atoms with Gasteiger partial charge in [0.05, 0.1) is 27.8 Å². The van der Waals surface area contributed by atoms with Gasteiger partial charge in [-0.05, 0) is 55.5 Å². The number of benzene rings is 2. The zero-order valence-corrected chi connectivity index (χ0v) is 19.1. The van der Waals surface area contributed by atoms with E-state index in [0.717, 1.165) is 22.4 Å². The van der Waals surface area contributed by atoms with Crippen molar-refractivity contribution >= 4 is 54.2 Å². The molecule has 0 spiro atoms. The van der Waals surface area contributed by atoms with Crippen LogP contribution in [0.25, 0.3) is 10.2 Å². The maximum atomic E-state index is 13.4. The standard InChI is InChI=1S/C21H22N2O4S3/c1-28-16-7-3-5-14(11-16)20(24)23(13-15-6-4-10-27-15)21-22-18-9-8-17(30(2,25)26)12-19(18)29-21/h3,5,7-9,11-12,15H,4,6,10,13H2,1-2H3. The lowest BCUT2D eigenvalue weighted by molar-refractivity contribution is 0.0917. The lowest BCUT2D eigenvalue weighted by Gasteiger charge is -2.23. The molecule has 9 heteroatoms. The number of ether oxygens (including phenoxy) is 1. The Morgan fingerprint density at radius 1 is 1.30 bits per heavy atom. The van der Waals surface area contributed by atoms with Gasteiger partial charge in [0.15, 0.2) is 15.0 Å². The van der Waals surface area contributed by atoms with Crippen molar-refractivity contribution in [2.45, 2.75) is 28.7 Å². The number of hydrogen-bond donors (Lipinski definition) is 0. The van der Waals surface area contributed by atoms with Crippen molar-refractivity contribution in [1.82, 2.24) is 4.98 Å². The molecule has 1 aliphatic rings. The van der Waals surface area contributed by atoms with Gasteiger partial charge in [-0.25, -0.2) is 13.4 Å². The van der Waals surface area contributed by atoms with Crippen LogP contribution in [0.3, 0.4) is 0 Å². The van der Waals surface area contributed by atoms with Crippen LogP contribution in [-0.4, -0.2) is 51.1 Å². The highest BCUT2D eigenvalue weighted by Crippen LogP contribution is 2.32. The molecule has 0 N–H and O–H groups in total. The molecule has 2 heterocycles. The number of amides is 1. The Hall–Kier alpha value is -1.94. The van der Waals surface area contributed by atoms with Crippen molar-refractivity contribution in [2.24, 2.45) is 0 Å². The minimum atomic E-state index is -3.31. The Labute approximate surface area is 184 Å². The van der Waals surface area contributed by atoms with Crippen LogP contribution in [0.1, 0.15) is 23.2 Å². The van der Waals surface area contributed by atoms with Gasteiger partial charge in [-0.15, -0.1) is 11.8 Å². The van der Waals surface area contributed by atoms with E-state index in [0.29, 0.717) is 29.4 Å². The van der Waals surface area contributed by atoms with Gasteiger partial charge < -0.3 is 4.74 Å². The minimum absolute atomic E-state index is 0.0312. The van der Waals surface area contributed by atoms with Crippen LogP contribution in [0.2, 0.25) is 0 Å². The molecule has 1 unspecified atom stereocenters. The van der Waals surface area contributed by atoms with E-state index in [4.69, 9.17) is 4.74 Å². The first kappa shape index (κ1) is 21.3. The van der Waals surface area contributed by atoms with Crippen LogP contribution in [-0.2, 0) is 14.6 Å². The maximum absolute atomic E-state index is 13.4. The third-order valence-electron chi connectivity index (χ3n) is 4.98. The van der Waals surface area contributed by atoms with Gasteiger partial charge in [-0.3, -0.25) is 9.69 Å². The van der Waals surface area contributed by atoms with Gasteiger partial charge >= 0.3 is 0 Å². The quantitative estimate of drug-likeness (QED) is 0.510. The summed E-state index contributed by atoms with van der Waals surface area (Å²) in [7, 11) is -3.31. The van der Waals surface area contributed by atoms with Crippen molar-refractivity contribution < 1.29 is 17.9 Å². The number of sulfone groups is 1. The van der Waals surface area contributed by atoms with E-state index >= 15 is 0 Å². The first-order chi connectivity index (χ1) is 14.3. The summed E-state index contributed by atoms with van der Waals surface area (Å²) in [5.41, 5.74) is 1.27. The molecule has 4 rings (SSSR count). The van der Waals surface area contributed by atoms with E-state index in [1.807, 2.05) is 24.5 Å². The molecule has 6 nitrogen and oxygen atoms in total. The Bertz CT molecular complexity index is 1180. The zero-order valence-electron chi connectivity index (χ0n) is 16.7. The molecule has 1 aromatic heterocycles. The lowest BCUT2D eigenvalue weighted by atomic mass is 10.2. The second-order valence-corrected chi connectivity index (χ2v) is 11.1. The Kier molecular flexibility index (Phi) is 6.15. The van der Waals surface area contributed by atoms with E-state index in [1.165, 1.54) is 17.6 Å². The summed E-state index contributed by atoms with van der Waals surface area (Å²) >= 11 is 2.90. The normalized spacial score (nSPS) is 16.8. The van der Waals surface area contributed by atoms with Gasteiger partial charge in [0.1, 0.15) is 0 Å². The number of hydrogen-bond acceptors (Lipinski definition) is 7. The van der Waals surface area contributed by atoms with E-state index in [1.54, 1.807) is 40.9 Å². The predicted octanol–water partition coefficient (Wildman–Crippen LogP) is 4.25. The summed E-state index contributed by atoms with van der Waals surface area (Å²) in [6.45, 7) is 1.12. The van der Waals surface area contributed by atoms with Gasteiger partial charge in [0.2, 0.25) is 0 Å². The molecule has 158 valence electrons. The van der Waals surface area contributed by atoms with Crippen molar-refractivity contribution in [3.05, 3.63) is 48.0 Å². The second kappa shape index (κ2) is 8.66. The SMILES string of the molecule is CSc1cccc(C(=O)N(CC2CCCO2)c2nc3ccc(S(C)(=O)=O)cc3s2)c1. The van der Waals surface area contributed by atoms with E-state index in [2.05, 4.69) is 4.98 Å². The summed E-state index contributed by atoms with van der Waals surface area (Å²) in [4.78, 5) is 21.0. The number of rotatable bonds is 6. The minimum Gasteiger partial charge on any atom is -0.376 e. The summed E-state index contributed by atoms with van der Waals surface area (Å²) in [6, 6.07) is 12.4. The largest absolute Gasteiger partial charge is 0.376 e. The van der Waals surface area contributed by atoms with Crippen LogP contribution in [0.15, 0.2) is 52.3 Å². The lowest BCUT2D eigenvalue weighted by Crippen LogP contribution is -2.37. The van der Waals surface area contributed by atoms with Crippen LogP contribution >= 0.6 is 23.1 Å². The van der Waals surface area contributed by atoms with Gasteiger partial charge in [-0.1, -0.05) is 17.4 Å². The first-order valence-electron chi connectivity index (χ1n) is 9.53. The molecular formula is C21H22N2O4S3. The number of nitrogens with zero attached hydrogens (tertiary/aromatic N) is 2. The van der Waals surface area contributed by atoms with Crippen LogP contribution in [0.5, 0.6) is 0 Å². The third-order valence-corrected chi connectivity index (χ3v) is 7.86. The molecule has 1 amide bonds. The van der Waals surface area contributed by atoms with E-state index in [-0.39, 0.29) is 16.9 Å². The van der Waals surface area contributed by atoms with Gasteiger partial charge in [0.25, 0.3) is 5.91 Å². The summed E-state index contributed by atoms with van der Waals surface area (Å²) < 4.78 is 30.3. The molecular weight excluding hydrogens is 440 g/mol. The molecule has 2 aromatic carbocycles. The fourth-order valence-corrected chi connectivity index (χ4v) is 5.58. The van der Waals surface area contributed by atoms with Crippen LogP contribution < -0.4 is 4.90 Å². The molecule has 0 radical (unpaired) electrons. The average molecular weight is 463 g/mol. The van der Waals surface area contributed by atoms with Gasteiger partial charge in [-0.2, -0.15) is 0 Å². The van der Waals surface area contributed by atoms with E-state index in [9.17, 15) is 13.2 Å². The highest BCUT2D eigenvalue weighted by atomic mass is 32.2. The van der Waals surface area contributed by atoms with Crippen LogP contribution in [0.4, 0.5) is 5.13 Å². The van der Waals surface area contributed by atoms with Crippen molar-refractivity contribution in [3.8, 4) is 0 Å². The van der Waals surface area contributed by atoms with Crippen molar-refractivity contribution in [2.75, 3.05) is 30.6 Å². The number of thiazole rings is 1. The first-order valence-corrected chi connectivity index (χ1v) is 13.5. The Morgan fingerprint density at radius 2 is 2.13 bits per heavy atom. The fraction of sp³-hybridized carbons (Fsp3) is 0.333. The average Bonchev–Trinajstić information content (AvgIpc) is 3.39. The molecule has 0 bridgehead atoms. The van der Waals surface area contributed by atoms with Crippen molar-refractivity contribution in [3.63, 3.8) is 0 Å². The number of carbonyl (C=O) groups is 1. The van der Waals surface area contributed by atoms with Crippen molar-refractivity contribution in [1.29, 1.82) is 0 Å². The topological polar surface area (TPSA) is 76.6 Å². The Balaban J connectivity index is 1.74. The number of aromatic nitrogens is 1. The highest BCUT2D eigenvalue weighted by molar-refractivity contribution is 7.98. The summed E-state index contributed by atoms with van der Waals surface area (Å²) in [5, 5.41) is 0.547. The van der Waals surface area contributed by atoms with Gasteiger partial charge in [0, 0.05) is 23.3 Å². The van der Waals surface area contributed by atoms with Crippen LogP contribution in [0, 0.1) is 0 Å². The third kappa shape index (κ3) is 4.54. The highest BCUT2D eigenvalue weighted by Gasteiger charge is 2.27. The molecule has 30 heavy (non-hydrogen) atoms. The molecule has 0 saturated carbocycles. The number of thioether (sulfide) groups is 1. The number of fused-ring (bicyclic) bond motifs is 1. The predicted molar refractivity (Wildman–Crippen MR) is 122 cm³/mol. The molecule has 0 aliphatic carbocycles. The zero-order chi connectivity index (χ0) is 21.3. The number of carbonyl (C=O) groups excluding carboxylic acids is 1. The molecule has 1 aliphatic heterocycles. The molecule has 1 atom stereocenters. The molecule has 3 aromatic rings. The maximum Gasteiger partial charge on any atom is 0.260 e.